The standard InChI is InChI=1S/C29H36N4O4/c1-36-24-8-9-27-25(18-24)26(19-28(34)37-27)31-23-10-15-33(16-11-23)20-21-4-6-22(7-5-21)29(35)30-12-17-32-13-2-3-14-32/h4-9,18-19,23,31H,2-3,10-17,20H2,1H3,(H,30,35). The average Bonchev–Trinajstić information content (AvgIpc) is 3.43. The van der Waals surface area contributed by atoms with Crippen molar-refractivity contribution in [1.29, 1.82) is 0 Å². The van der Waals surface area contributed by atoms with Crippen LogP contribution in [-0.2, 0) is 6.54 Å². The van der Waals surface area contributed by atoms with Gasteiger partial charge in [-0.3, -0.25) is 9.69 Å². The Bertz CT molecular complexity index is 1260. The Morgan fingerprint density at radius 2 is 1.76 bits per heavy atom. The number of rotatable bonds is 9. The van der Waals surface area contributed by atoms with Crippen LogP contribution in [0.5, 0.6) is 5.75 Å². The molecule has 37 heavy (non-hydrogen) atoms. The fraction of sp³-hybridized carbons (Fsp3) is 0.448. The first-order valence-corrected chi connectivity index (χ1v) is 13.3. The van der Waals surface area contributed by atoms with Crippen molar-refractivity contribution in [3.63, 3.8) is 0 Å². The van der Waals surface area contributed by atoms with Crippen LogP contribution < -0.4 is 21.0 Å². The first kappa shape index (κ1) is 25.3. The molecule has 1 amide bonds. The molecule has 2 aromatic carbocycles. The number of likely N-dealkylation sites (tertiary alicyclic amines) is 2. The summed E-state index contributed by atoms with van der Waals surface area (Å²) in [7, 11) is 1.63. The highest BCUT2D eigenvalue weighted by Gasteiger charge is 2.21. The Morgan fingerprint density at radius 3 is 2.49 bits per heavy atom. The van der Waals surface area contributed by atoms with E-state index in [1.54, 1.807) is 19.2 Å². The summed E-state index contributed by atoms with van der Waals surface area (Å²) in [5.74, 6) is 0.725. The second-order valence-corrected chi connectivity index (χ2v) is 10.0. The number of piperidine rings is 1. The van der Waals surface area contributed by atoms with Crippen molar-refractivity contribution >= 4 is 22.6 Å². The maximum Gasteiger partial charge on any atom is 0.338 e. The first-order valence-electron chi connectivity index (χ1n) is 13.3. The summed E-state index contributed by atoms with van der Waals surface area (Å²) in [5, 5.41) is 7.46. The maximum absolute atomic E-state index is 12.5. The van der Waals surface area contributed by atoms with Gasteiger partial charge in [0.2, 0.25) is 0 Å². The zero-order chi connectivity index (χ0) is 25.6. The summed E-state index contributed by atoms with van der Waals surface area (Å²) >= 11 is 0. The molecule has 196 valence electrons. The molecule has 0 atom stereocenters. The van der Waals surface area contributed by atoms with Crippen molar-refractivity contribution in [1.82, 2.24) is 15.1 Å². The van der Waals surface area contributed by atoms with Gasteiger partial charge in [0.05, 0.1) is 12.8 Å². The third-order valence-corrected chi connectivity index (χ3v) is 7.43. The number of benzene rings is 2. The summed E-state index contributed by atoms with van der Waals surface area (Å²) in [6, 6.07) is 15.2. The van der Waals surface area contributed by atoms with Crippen LogP contribution in [0.1, 0.15) is 41.6 Å². The molecule has 0 saturated carbocycles. The van der Waals surface area contributed by atoms with E-state index in [-0.39, 0.29) is 17.6 Å². The van der Waals surface area contributed by atoms with E-state index >= 15 is 0 Å². The van der Waals surface area contributed by atoms with Gasteiger partial charge in [0.15, 0.2) is 0 Å². The number of anilines is 1. The predicted octanol–water partition coefficient (Wildman–Crippen LogP) is 3.70. The molecule has 0 unspecified atom stereocenters. The molecule has 2 saturated heterocycles. The average molecular weight is 505 g/mol. The number of hydrogen-bond acceptors (Lipinski definition) is 7. The molecule has 3 heterocycles. The molecule has 2 aliphatic rings. The third-order valence-electron chi connectivity index (χ3n) is 7.43. The second kappa shape index (κ2) is 11.8. The normalized spacial score (nSPS) is 17.2. The van der Waals surface area contributed by atoms with Gasteiger partial charge in [0.25, 0.3) is 5.91 Å². The Labute approximate surface area is 217 Å². The quantitative estimate of drug-likeness (QED) is 0.430. The van der Waals surface area contributed by atoms with Gasteiger partial charge in [-0.2, -0.15) is 0 Å². The lowest BCUT2D eigenvalue weighted by atomic mass is 10.0. The van der Waals surface area contributed by atoms with Gasteiger partial charge in [-0.1, -0.05) is 12.1 Å². The highest BCUT2D eigenvalue weighted by atomic mass is 16.5. The van der Waals surface area contributed by atoms with E-state index in [0.717, 1.165) is 68.9 Å². The van der Waals surface area contributed by atoms with Gasteiger partial charge in [-0.25, -0.2) is 4.79 Å². The van der Waals surface area contributed by atoms with E-state index in [0.29, 0.717) is 17.7 Å². The van der Waals surface area contributed by atoms with Crippen molar-refractivity contribution in [2.24, 2.45) is 0 Å². The van der Waals surface area contributed by atoms with Gasteiger partial charge < -0.3 is 24.7 Å². The summed E-state index contributed by atoms with van der Waals surface area (Å²) in [6.45, 7) is 6.69. The number of ether oxygens (including phenoxy) is 1. The topological polar surface area (TPSA) is 87.0 Å². The number of methoxy groups -OCH3 is 1. The molecular weight excluding hydrogens is 468 g/mol. The van der Waals surface area contributed by atoms with E-state index < -0.39 is 0 Å². The highest BCUT2D eigenvalue weighted by molar-refractivity contribution is 5.94. The lowest BCUT2D eigenvalue weighted by molar-refractivity contribution is 0.0949. The molecule has 2 fully saturated rings. The molecule has 0 aliphatic carbocycles. The van der Waals surface area contributed by atoms with E-state index in [9.17, 15) is 9.59 Å². The van der Waals surface area contributed by atoms with Crippen LogP contribution in [-0.4, -0.2) is 68.1 Å². The fourth-order valence-corrected chi connectivity index (χ4v) is 5.30. The Kier molecular flexibility index (Phi) is 8.06. The molecule has 3 aromatic rings. The molecule has 0 spiro atoms. The molecule has 2 aliphatic heterocycles. The molecule has 0 bridgehead atoms. The summed E-state index contributed by atoms with van der Waals surface area (Å²) in [4.78, 5) is 29.4. The van der Waals surface area contributed by atoms with Crippen LogP contribution in [0.2, 0.25) is 0 Å². The number of nitrogens with zero attached hydrogens (tertiary/aromatic N) is 2. The SMILES string of the molecule is COc1ccc2oc(=O)cc(NC3CCN(Cc4ccc(C(=O)NCCN5CCCC5)cc4)CC3)c2c1. The largest absolute Gasteiger partial charge is 0.497 e. The number of nitrogens with one attached hydrogen (secondary N) is 2. The summed E-state index contributed by atoms with van der Waals surface area (Å²) in [6.07, 6.45) is 4.48. The monoisotopic (exact) mass is 504 g/mol. The molecule has 8 nitrogen and oxygen atoms in total. The highest BCUT2D eigenvalue weighted by Crippen LogP contribution is 2.28. The molecule has 5 rings (SSSR count). The smallest absolute Gasteiger partial charge is 0.338 e. The van der Waals surface area contributed by atoms with E-state index in [1.165, 1.54) is 24.5 Å². The van der Waals surface area contributed by atoms with E-state index in [1.807, 2.05) is 18.2 Å². The minimum atomic E-state index is -0.360. The van der Waals surface area contributed by atoms with E-state index in [4.69, 9.17) is 9.15 Å². The van der Waals surface area contributed by atoms with E-state index in [2.05, 4.69) is 32.6 Å². The molecular formula is C29H36N4O4. The Hall–Kier alpha value is -3.36. The number of carbonyl (C=O) groups excluding carboxylic acids is 1. The molecule has 2 N–H and O–H groups in total. The van der Waals surface area contributed by atoms with Crippen molar-refractivity contribution in [2.45, 2.75) is 38.3 Å². The van der Waals surface area contributed by atoms with Gasteiger partial charge in [-0.15, -0.1) is 0 Å². The summed E-state index contributed by atoms with van der Waals surface area (Å²) in [5.41, 5.74) is 2.90. The zero-order valence-electron chi connectivity index (χ0n) is 21.5. The zero-order valence-corrected chi connectivity index (χ0v) is 21.5. The van der Waals surface area contributed by atoms with Crippen LogP contribution in [0.4, 0.5) is 5.69 Å². The number of fused-ring (bicyclic) bond motifs is 1. The van der Waals surface area contributed by atoms with Crippen LogP contribution in [0.15, 0.2) is 57.7 Å². The first-order chi connectivity index (χ1) is 18.1. The number of hydrogen-bond donors (Lipinski definition) is 2. The minimum absolute atomic E-state index is 0.00210. The number of carbonyl (C=O) groups is 1. The van der Waals surface area contributed by atoms with Crippen molar-refractivity contribution in [3.05, 3.63) is 70.1 Å². The second-order valence-electron chi connectivity index (χ2n) is 10.0. The lowest BCUT2D eigenvalue weighted by Gasteiger charge is -2.33. The molecule has 1 aromatic heterocycles. The molecule has 0 radical (unpaired) electrons. The maximum atomic E-state index is 12.5. The van der Waals surface area contributed by atoms with Crippen molar-refractivity contribution < 1.29 is 13.9 Å². The predicted molar refractivity (Wildman–Crippen MR) is 145 cm³/mol. The van der Waals surface area contributed by atoms with Crippen LogP contribution in [0.3, 0.4) is 0 Å². The van der Waals surface area contributed by atoms with Gasteiger partial charge in [0.1, 0.15) is 11.3 Å². The van der Waals surface area contributed by atoms with Crippen LogP contribution >= 0.6 is 0 Å². The Morgan fingerprint density at radius 1 is 1.00 bits per heavy atom. The van der Waals surface area contributed by atoms with Crippen LogP contribution in [0, 0.1) is 0 Å². The van der Waals surface area contributed by atoms with Crippen molar-refractivity contribution in [3.8, 4) is 5.75 Å². The van der Waals surface area contributed by atoms with Gasteiger partial charge in [-0.05, 0) is 74.7 Å². The molecule has 8 heteroatoms. The lowest BCUT2D eigenvalue weighted by Crippen LogP contribution is -2.38. The number of amides is 1. The fourth-order valence-electron chi connectivity index (χ4n) is 5.30. The third kappa shape index (κ3) is 6.50. The summed E-state index contributed by atoms with van der Waals surface area (Å²) < 4.78 is 10.7. The Balaban J connectivity index is 1.10. The van der Waals surface area contributed by atoms with Crippen molar-refractivity contribution in [2.75, 3.05) is 51.7 Å². The van der Waals surface area contributed by atoms with Gasteiger partial charge >= 0.3 is 5.63 Å². The van der Waals surface area contributed by atoms with Gasteiger partial charge in [0, 0.05) is 55.8 Å². The van der Waals surface area contributed by atoms with Crippen LogP contribution in [0.25, 0.3) is 11.0 Å². The minimum Gasteiger partial charge on any atom is -0.497 e.